The van der Waals surface area contributed by atoms with E-state index in [1.165, 1.54) is 11.1 Å². The first-order chi connectivity index (χ1) is 10.3. The summed E-state index contributed by atoms with van der Waals surface area (Å²) in [6, 6.07) is 10.9. The minimum atomic E-state index is 0.410. The van der Waals surface area contributed by atoms with Crippen LogP contribution in [-0.2, 0) is 13.0 Å². The molecule has 1 aliphatic heterocycles. The minimum Gasteiger partial charge on any atom is -0.490 e. The molecule has 0 fully saturated rings. The van der Waals surface area contributed by atoms with Gasteiger partial charge in [0.15, 0.2) is 0 Å². The van der Waals surface area contributed by atoms with E-state index in [1.54, 1.807) is 6.20 Å². The zero-order valence-corrected chi connectivity index (χ0v) is 12.3. The highest BCUT2D eigenvalue weighted by Gasteiger charge is 2.11. The van der Waals surface area contributed by atoms with Crippen LogP contribution in [0.5, 0.6) is 5.75 Å². The number of benzene rings is 1. The molecule has 0 saturated carbocycles. The number of aromatic nitrogens is 1. The molecule has 1 aromatic carbocycles. The Kier molecular flexibility index (Phi) is 4.36. The third kappa shape index (κ3) is 3.73. The van der Waals surface area contributed by atoms with Crippen LogP contribution in [0.3, 0.4) is 0 Å². The molecule has 1 aromatic heterocycles. The second kappa shape index (κ2) is 6.59. The van der Waals surface area contributed by atoms with Crippen molar-refractivity contribution in [1.82, 2.24) is 10.3 Å². The van der Waals surface area contributed by atoms with Gasteiger partial charge in [-0.05, 0) is 42.7 Å². The van der Waals surface area contributed by atoms with Crippen LogP contribution in [0, 0.1) is 0 Å². The van der Waals surface area contributed by atoms with Crippen molar-refractivity contribution >= 4 is 5.69 Å². The van der Waals surface area contributed by atoms with E-state index in [-0.39, 0.29) is 0 Å². The summed E-state index contributed by atoms with van der Waals surface area (Å²) < 4.78 is 5.60. The zero-order valence-electron chi connectivity index (χ0n) is 12.3. The van der Waals surface area contributed by atoms with E-state index in [2.05, 4.69) is 46.8 Å². The Morgan fingerprint density at radius 1 is 1.33 bits per heavy atom. The number of nitrogens with one attached hydrogen (secondary N) is 2. The van der Waals surface area contributed by atoms with Crippen molar-refractivity contribution in [3.8, 4) is 5.75 Å². The van der Waals surface area contributed by atoms with Gasteiger partial charge < -0.3 is 15.4 Å². The maximum atomic E-state index is 5.60. The maximum Gasteiger partial charge on any atom is 0.142 e. The highest BCUT2D eigenvalue weighted by atomic mass is 16.5. The van der Waals surface area contributed by atoms with Crippen LogP contribution in [-0.4, -0.2) is 24.2 Å². The number of fused-ring (bicyclic) bond motifs is 1. The number of hydrogen-bond donors (Lipinski definition) is 2. The van der Waals surface area contributed by atoms with Gasteiger partial charge >= 0.3 is 0 Å². The first kappa shape index (κ1) is 13.9. The quantitative estimate of drug-likeness (QED) is 0.885. The lowest BCUT2D eigenvalue weighted by Gasteiger charge is -2.20. The van der Waals surface area contributed by atoms with Crippen LogP contribution < -0.4 is 15.4 Å². The number of pyridine rings is 1. The molecule has 1 atom stereocenters. The first-order valence-electron chi connectivity index (χ1n) is 7.43. The van der Waals surface area contributed by atoms with Gasteiger partial charge in [-0.3, -0.25) is 4.98 Å². The Balaban J connectivity index is 1.56. The van der Waals surface area contributed by atoms with Gasteiger partial charge in [0.2, 0.25) is 0 Å². The van der Waals surface area contributed by atoms with E-state index >= 15 is 0 Å². The van der Waals surface area contributed by atoms with Crippen LogP contribution in [0.1, 0.15) is 18.1 Å². The number of anilines is 1. The molecule has 21 heavy (non-hydrogen) atoms. The van der Waals surface area contributed by atoms with E-state index in [0.29, 0.717) is 6.04 Å². The normalized spacial score (nSPS) is 14.7. The van der Waals surface area contributed by atoms with Gasteiger partial charge in [0.05, 0.1) is 5.69 Å². The van der Waals surface area contributed by atoms with Crippen molar-refractivity contribution in [2.75, 3.05) is 18.5 Å². The molecule has 0 aliphatic carbocycles. The van der Waals surface area contributed by atoms with E-state index in [9.17, 15) is 0 Å². The molecular formula is C17H21N3O. The Morgan fingerprint density at radius 2 is 2.29 bits per heavy atom. The zero-order chi connectivity index (χ0) is 14.5. The Hall–Kier alpha value is -2.07. The van der Waals surface area contributed by atoms with Crippen molar-refractivity contribution in [1.29, 1.82) is 0 Å². The summed E-state index contributed by atoms with van der Waals surface area (Å²) in [6.45, 7) is 4.68. The molecule has 2 N–H and O–H groups in total. The molecule has 3 rings (SSSR count). The van der Waals surface area contributed by atoms with Crippen LogP contribution in [0.25, 0.3) is 0 Å². The molecule has 0 radical (unpaired) electrons. The highest BCUT2D eigenvalue weighted by molar-refractivity contribution is 5.59. The van der Waals surface area contributed by atoms with Crippen LogP contribution in [0.2, 0.25) is 0 Å². The molecule has 0 spiro atoms. The molecule has 0 bridgehead atoms. The summed E-state index contributed by atoms with van der Waals surface area (Å²) in [5, 5.41) is 6.92. The van der Waals surface area contributed by atoms with Crippen molar-refractivity contribution in [3.63, 3.8) is 0 Å². The van der Waals surface area contributed by atoms with Gasteiger partial charge in [-0.25, -0.2) is 0 Å². The standard InChI is InChI=1S/C17H21N3O/c1-13(20-12-15-3-2-6-18-11-15)9-14-4-5-17-16(10-14)19-7-8-21-17/h2-6,10-11,13,19-20H,7-9,12H2,1H3. The van der Waals surface area contributed by atoms with Gasteiger partial charge in [0.1, 0.15) is 12.4 Å². The van der Waals surface area contributed by atoms with Gasteiger partial charge in [0, 0.05) is 31.5 Å². The molecular weight excluding hydrogens is 262 g/mol. The maximum absolute atomic E-state index is 5.60. The highest BCUT2D eigenvalue weighted by Crippen LogP contribution is 2.28. The first-order valence-corrected chi connectivity index (χ1v) is 7.43. The number of ether oxygens (including phenoxy) is 1. The molecule has 2 heterocycles. The molecule has 1 unspecified atom stereocenters. The number of nitrogens with zero attached hydrogens (tertiary/aromatic N) is 1. The largest absolute Gasteiger partial charge is 0.490 e. The summed E-state index contributed by atoms with van der Waals surface area (Å²) in [7, 11) is 0. The smallest absolute Gasteiger partial charge is 0.142 e. The summed E-state index contributed by atoms with van der Waals surface area (Å²) in [6.07, 6.45) is 4.70. The second-order valence-electron chi connectivity index (χ2n) is 5.45. The summed E-state index contributed by atoms with van der Waals surface area (Å²) in [5.41, 5.74) is 3.64. The topological polar surface area (TPSA) is 46.2 Å². The molecule has 4 heteroatoms. The average molecular weight is 283 g/mol. The SMILES string of the molecule is CC(Cc1ccc2c(c1)NCCO2)NCc1cccnc1. The lowest BCUT2D eigenvalue weighted by atomic mass is 10.1. The van der Waals surface area contributed by atoms with Gasteiger partial charge in [-0.15, -0.1) is 0 Å². The Labute approximate surface area is 125 Å². The fourth-order valence-electron chi connectivity index (χ4n) is 2.54. The van der Waals surface area contributed by atoms with Crippen LogP contribution in [0.15, 0.2) is 42.7 Å². The third-order valence-corrected chi connectivity index (χ3v) is 3.64. The lowest BCUT2D eigenvalue weighted by Crippen LogP contribution is -2.27. The van der Waals surface area contributed by atoms with Crippen LogP contribution in [0.4, 0.5) is 5.69 Å². The van der Waals surface area contributed by atoms with E-state index in [1.807, 2.05) is 12.3 Å². The Bertz CT molecular complexity index is 586. The fraction of sp³-hybridized carbons (Fsp3) is 0.353. The predicted octanol–water partition coefficient (Wildman–Crippen LogP) is 2.61. The van der Waals surface area contributed by atoms with E-state index in [0.717, 1.165) is 37.6 Å². The lowest BCUT2D eigenvalue weighted by molar-refractivity contribution is 0.323. The monoisotopic (exact) mass is 283 g/mol. The third-order valence-electron chi connectivity index (χ3n) is 3.64. The number of rotatable bonds is 5. The summed E-state index contributed by atoms with van der Waals surface area (Å²) in [4.78, 5) is 4.13. The van der Waals surface area contributed by atoms with E-state index in [4.69, 9.17) is 4.74 Å². The molecule has 110 valence electrons. The van der Waals surface area contributed by atoms with Crippen molar-refractivity contribution < 1.29 is 4.74 Å². The van der Waals surface area contributed by atoms with Gasteiger partial charge in [-0.1, -0.05) is 12.1 Å². The van der Waals surface area contributed by atoms with Gasteiger partial charge in [0.25, 0.3) is 0 Å². The molecule has 4 nitrogen and oxygen atoms in total. The van der Waals surface area contributed by atoms with Gasteiger partial charge in [-0.2, -0.15) is 0 Å². The van der Waals surface area contributed by atoms with E-state index < -0.39 is 0 Å². The average Bonchev–Trinajstić information content (AvgIpc) is 2.54. The van der Waals surface area contributed by atoms with Crippen molar-refractivity contribution in [2.24, 2.45) is 0 Å². The Morgan fingerprint density at radius 3 is 3.14 bits per heavy atom. The van der Waals surface area contributed by atoms with Crippen LogP contribution >= 0.6 is 0 Å². The molecule has 2 aromatic rings. The number of hydrogen-bond acceptors (Lipinski definition) is 4. The fourth-order valence-corrected chi connectivity index (χ4v) is 2.54. The molecule has 0 saturated heterocycles. The molecule has 1 aliphatic rings. The van der Waals surface area contributed by atoms with Crippen molar-refractivity contribution in [3.05, 3.63) is 53.9 Å². The second-order valence-corrected chi connectivity index (χ2v) is 5.45. The summed E-state index contributed by atoms with van der Waals surface area (Å²) in [5.74, 6) is 0.959. The predicted molar refractivity (Wildman–Crippen MR) is 84.7 cm³/mol. The summed E-state index contributed by atoms with van der Waals surface area (Å²) >= 11 is 0. The van der Waals surface area contributed by atoms with Crippen molar-refractivity contribution in [2.45, 2.75) is 25.9 Å². The molecule has 0 amide bonds. The minimum absolute atomic E-state index is 0.410.